The quantitative estimate of drug-likeness (QED) is 0.789. The Kier molecular flexibility index (Phi) is 3.89. The van der Waals surface area contributed by atoms with Crippen molar-refractivity contribution in [2.75, 3.05) is 30.4 Å². The fraction of sp³-hybridized carbons (Fsp3) is 0.222. The largest absolute Gasteiger partial charge is 0.497 e. The van der Waals surface area contributed by atoms with Crippen molar-refractivity contribution in [3.05, 3.63) is 36.5 Å². The van der Waals surface area contributed by atoms with Crippen LogP contribution < -0.4 is 15.0 Å². The molecule has 0 bridgehead atoms. The van der Waals surface area contributed by atoms with Crippen molar-refractivity contribution in [3.8, 4) is 5.75 Å². The van der Waals surface area contributed by atoms with Crippen LogP contribution in [0, 0.1) is 0 Å². The molecule has 3 heterocycles. The van der Waals surface area contributed by atoms with Crippen LogP contribution in [-0.2, 0) is 0 Å². The van der Waals surface area contributed by atoms with E-state index in [4.69, 9.17) is 9.72 Å². The smallest absolute Gasteiger partial charge is 0.226 e. The molecular formula is C18H18N6O. The summed E-state index contributed by atoms with van der Waals surface area (Å²) < 4.78 is 5.30. The summed E-state index contributed by atoms with van der Waals surface area (Å²) in [5.41, 5.74) is 2.50. The Morgan fingerprint density at radius 2 is 2.16 bits per heavy atom. The van der Waals surface area contributed by atoms with Crippen molar-refractivity contribution in [2.24, 2.45) is 4.99 Å². The Balaban J connectivity index is 1.89. The average Bonchev–Trinajstić information content (AvgIpc) is 2.66. The number of aromatic nitrogens is 3. The van der Waals surface area contributed by atoms with Crippen molar-refractivity contribution in [2.45, 2.75) is 6.92 Å². The standard InChI is InChI=1S/C18H18N6O/c1-3-19-18-22-16-13(5-4-8-21-16)17(23-18)24-10-9-20-14-11-12(25-2)6-7-15(14)24/h4-9,11H,3,10H2,1-2H3,(H,19,21,22,23). The van der Waals surface area contributed by atoms with Crippen molar-refractivity contribution in [1.29, 1.82) is 0 Å². The minimum absolute atomic E-state index is 0.571. The first-order valence-electron chi connectivity index (χ1n) is 8.15. The number of ether oxygens (including phenoxy) is 1. The van der Waals surface area contributed by atoms with Crippen LogP contribution >= 0.6 is 0 Å². The van der Waals surface area contributed by atoms with E-state index in [0.717, 1.165) is 34.9 Å². The summed E-state index contributed by atoms with van der Waals surface area (Å²) in [6, 6.07) is 9.74. The maximum absolute atomic E-state index is 5.30. The van der Waals surface area contributed by atoms with Gasteiger partial charge < -0.3 is 15.0 Å². The van der Waals surface area contributed by atoms with E-state index in [0.29, 0.717) is 18.1 Å². The van der Waals surface area contributed by atoms with Gasteiger partial charge in [0.05, 0.1) is 30.4 Å². The van der Waals surface area contributed by atoms with Crippen LogP contribution in [0.25, 0.3) is 11.0 Å². The molecule has 7 heteroatoms. The van der Waals surface area contributed by atoms with Crippen LogP contribution in [0.4, 0.5) is 23.1 Å². The Labute approximate surface area is 145 Å². The molecule has 2 aromatic heterocycles. The molecule has 7 nitrogen and oxygen atoms in total. The molecule has 126 valence electrons. The summed E-state index contributed by atoms with van der Waals surface area (Å²) in [5, 5.41) is 4.08. The third kappa shape index (κ3) is 2.73. The highest BCUT2D eigenvalue weighted by molar-refractivity contribution is 5.95. The van der Waals surface area contributed by atoms with E-state index in [2.05, 4.69) is 25.2 Å². The minimum Gasteiger partial charge on any atom is -0.497 e. The number of pyridine rings is 1. The summed E-state index contributed by atoms with van der Waals surface area (Å²) in [6.07, 6.45) is 3.62. The number of hydrogen-bond acceptors (Lipinski definition) is 7. The van der Waals surface area contributed by atoms with E-state index >= 15 is 0 Å². The molecule has 0 aliphatic carbocycles. The normalized spacial score (nSPS) is 13.0. The lowest BCUT2D eigenvalue weighted by molar-refractivity contribution is 0.415. The van der Waals surface area contributed by atoms with Crippen molar-refractivity contribution >= 4 is 40.4 Å². The molecule has 0 amide bonds. The predicted molar refractivity (Wildman–Crippen MR) is 99.6 cm³/mol. The molecule has 0 fully saturated rings. The first-order valence-corrected chi connectivity index (χ1v) is 8.15. The number of fused-ring (bicyclic) bond motifs is 2. The molecule has 0 saturated heterocycles. The summed E-state index contributed by atoms with van der Waals surface area (Å²) in [7, 11) is 1.65. The van der Waals surface area contributed by atoms with Gasteiger partial charge >= 0.3 is 0 Å². The molecular weight excluding hydrogens is 316 g/mol. The van der Waals surface area contributed by atoms with E-state index in [1.807, 2.05) is 43.5 Å². The van der Waals surface area contributed by atoms with Gasteiger partial charge in [0.25, 0.3) is 0 Å². The van der Waals surface area contributed by atoms with Crippen LogP contribution in [0.15, 0.2) is 41.5 Å². The molecule has 1 aliphatic rings. The van der Waals surface area contributed by atoms with Gasteiger partial charge in [-0.1, -0.05) is 0 Å². The van der Waals surface area contributed by atoms with Gasteiger partial charge in [0.1, 0.15) is 11.6 Å². The van der Waals surface area contributed by atoms with Gasteiger partial charge in [-0.3, -0.25) is 4.99 Å². The molecule has 25 heavy (non-hydrogen) atoms. The Morgan fingerprint density at radius 1 is 1.24 bits per heavy atom. The highest BCUT2D eigenvalue weighted by Gasteiger charge is 2.21. The van der Waals surface area contributed by atoms with E-state index in [1.54, 1.807) is 13.3 Å². The molecule has 1 aromatic carbocycles. The van der Waals surface area contributed by atoms with E-state index < -0.39 is 0 Å². The van der Waals surface area contributed by atoms with Gasteiger partial charge in [0.2, 0.25) is 5.95 Å². The summed E-state index contributed by atoms with van der Waals surface area (Å²) in [4.78, 5) is 20.2. The van der Waals surface area contributed by atoms with Crippen LogP contribution in [0.1, 0.15) is 6.92 Å². The zero-order chi connectivity index (χ0) is 17.2. The highest BCUT2D eigenvalue weighted by Crippen LogP contribution is 2.39. The van der Waals surface area contributed by atoms with E-state index in [-0.39, 0.29) is 0 Å². The number of hydrogen-bond donors (Lipinski definition) is 1. The summed E-state index contributed by atoms with van der Waals surface area (Å²) in [5.74, 6) is 2.16. The van der Waals surface area contributed by atoms with Gasteiger partial charge in [-0.25, -0.2) is 4.98 Å². The molecule has 1 N–H and O–H groups in total. The zero-order valence-corrected chi connectivity index (χ0v) is 14.1. The fourth-order valence-electron chi connectivity index (χ4n) is 2.87. The zero-order valence-electron chi connectivity index (χ0n) is 14.1. The second-order valence-corrected chi connectivity index (χ2v) is 5.55. The van der Waals surface area contributed by atoms with E-state index in [9.17, 15) is 0 Å². The maximum Gasteiger partial charge on any atom is 0.226 e. The number of nitrogens with one attached hydrogen (secondary N) is 1. The number of benzene rings is 1. The van der Waals surface area contributed by atoms with Gasteiger partial charge in [-0.15, -0.1) is 0 Å². The molecule has 1 aliphatic heterocycles. The summed E-state index contributed by atoms with van der Waals surface area (Å²) in [6.45, 7) is 3.39. The van der Waals surface area contributed by atoms with Crippen molar-refractivity contribution in [1.82, 2.24) is 15.0 Å². The minimum atomic E-state index is 0.571. The summed E-state index contributed by atoms with van der Waals surface area (Å²) >= 11 is 0. The third-order valence-electron chi connectivity index (χ3n) is 4.01. The average molecular weight is 334 g/mol. The first-order chi connectivity index (χ1) is 12.3. The third-order valence-corrected chi connectivity index (χ3v) is 4.01. The van der Waals surface area contributed by atoms with Gasteiger partial charge in [-0.05, 0) is 31.2 Å². The number of nitrogens with zero attached hydrogens (tertiary/aromatic N) is 5. The van der Waals surface area contributed by atoms with E-state index in [1.165, 1.54) is 0 Å². The Hall–Kier alpha value is -3.22. The number of aliphatic imine (C=N–C) groups is 1. The van der Waals surface area contributed by atoms with Gasteiger partial charge in [0, 0.05) is 25.0 Å². The Morgan fingerprint density at radius 3 is 3.00 bits per heavy atom. The first kappa shape index (κ1) is 15.3. The lowest BCUT2D eigenvalue weighted by atomic mass is 10.2. The molecule has 0 spiro atoms. The van der Waals surface area contributed by atoms with Gasteiger partial charge in [-0.2, -0.15) is 9.97 Å². The monoisotopic (exact) mass is 334 g/mol. The molecule has 0 radical (unpaired) electrons. The van der Waals surface area contributed by atoms with Crippen LogP contribution in [-0.4, -0.2) is 41.4 Å². The molecule has 0 unspecified atom stereocenters. The number of methoxy groups -OCH3 is 1. The SMILES string of the molecule is CCNc1nc(N2CC=Nc3cc(OC)ccc32)c2cccnc2n1. The second-order valence-electron chi connectivity index (χ2n) is 5.55. The molecule has 0 saturated carbocycles. The highest BCUT2D eigenvalue weighted by atomic mass is 16.5. The lowest BCUT2D eigenvalue weighted by Crippen LogP contribution is -2.24. The number of rotatable bonds is 4. The van der Waals surface area contributed by atoms with Crippen molar-refractivity contribution < 1.29 is 4.74 Å². The van der Waals surface area contributed by atoms with Gasteiger partial charge in [0.15, 0.2) is 5.65 Å². The second kappa shape index (κ2) is 6.35. The Bertz CT molecular complexity index is 955. The lowest BCUT2D eigenvalue weighted by Gasteiger charge is -2.27. The molecule has 0 atom stereocenters. The van der Waals surface area contributed by atoms with Crippen LogP contribution in [0.3, 0.4) is 0 Å². The van der Waals surface area contributed by atoms with Crippen LogP contribution in [0.2, 0.25) is 0 Å². The topological polar surface area (TPSA) is 75.5 Å². The fourth-order valence-corrected chi connectivity index (χ4v) is 2.87. The number of anilines is 3. The predicted octanol–water partition coefficient (Wildman–Crippen LogP) is 3.32. The maximum atomic E-state index is 5.30. The molecule has 3 aromatic rings. The molecule has 4 rings (SSSR count). The van der Waals surface area contributed by atoms with Crippen molar-refractivity contribution in [3.63, 3.8) is 0 Å². The van der Waals surface area contributed by atoms with Crippen LogP contribution in [0.5, 0.6) is 5.75 Å².